The summed E-state index contributed by atoms with van der Waals surface area (Å²) < 4.78 is 5.80. The molecule has 0 aliphatic carbocycles. The van der Waals surface area contributed by atoms with Gasteiger partial charge in [0.2, 0.25) is 5.91 Å². The lowest BCUT2D eigenvalue weighted by Crippen LogP contribution is -2.13. The summed E-state index contributed by atoms with van der Waals surface area (Å²) in [5, 5.41) is 8.55. The number of hydrogen-bond donors (Lipinski definition) is 2. The lowest BCUT2D eigenvalue weighted by Gasteiger charge is -2.07. The largest absolute Gasteiger partial charge is 0.487 e. The topological polar surface area (TPSA) is 93.2 Å². The summed E-state index contributed by atoms with van der Waals surface area (Å²) in [6, 6.07) is 17.6. The van der Waals surface area contributed by atoms with Crippen LogP contribution in [0.1, 0.15) is 26.6 Å². The monoisotopic (exact) mass is 470 g/mol. The average Bonchev–Trinajstić information content (AvgIpc) is 3.27. The predicted molar refractivity (Wildman–Crippen MR) is 134 cm³/mol. The van der Waals surface area contributed by atoms with E-state index in [-0.39, 0.29) is 11.8 Å². The Hall–Kier alpha value is -4.30. The van der Waals surface area contributed by atoms with E-state index in [1.807, 2.05) is 36.6 Å². The van der Waals surface area contributed by atoms with E-state index >= 15 is 0 Å². The molecule has 2 heterocycles. The highest BCUT2D eigenvalue weighted by atomic mass is 32.1. The molecule has 170 valence electrons. The van der Waals surface area contributed by atoms with Crippen LogP contribution in [0.15, 0.2) is 84.5 Å². The van der Waals surface area contributed by atoms with Gasteiger partial charge in [-0.3, -0.25) is 14.6 Å². The van der Waals surface area contributed by atoms with Crippen LogP contribution in [0.25, 0.3) is 6.08 Å². The number of anilines is 2. The molecule has 0 saturated heterocycles. The van der Waals surface area contributed by atoms with Crippen LogP contribution in [0.4, 0.5) is 11.4 Å². The van der Waals surface area contributed by atoms with E-state index in [4.69, 9.17) is 4.74 Å². The lowest BCUT2D eigenvalue weighted by atomic mass is 10.1. The molecule has 0 aliphatic heterocycles. The van der Waals surface area contributed by atoms with Crippen LogP contribution in [0.5, 0.6) is 5.75 Å². The molecule has 34 heavy (non-hydrogen) atoms. The van der Waals surface area contributed by atoms with Crippen LogP contribution >= 0.6 is 11.3 Å². The normalized spacial score (nSPS) is 10.7. The smallest absolute Gasteiger partial charge is 0.255 e. The molecule has 8 heteroatoms. The molecule has 7 nitrogen and oxygen atoms in total. The second-order valence-corrected chi connectivity index (χ2v) is 8.37. The molecule has 2 amide bonds. The van der Waals surface area contributed by atoms with Gasteiger partial charge in [0.05, 0.1) is 10.7 Å². The SMILES string of the molecule is Cc1nc(COc2cccc(/C=C/C(=O)Nc3cccc(C(=O)Nc4ccncc4)c3)c2)cs1. The van der Waals surface area contributed by atoms with Gasteiger partial charge in [-0.15, -0.1) is 11.3 Å². The van der Waals surface area contributed by atoms with Crippen LogP contribution in [0, 0.1) is 6.92 Å². The first-order valence-electron chi connectivity index (χ1n) is 10.5. The fourth-order valence-corrected chi connectivity index (χ4v) is 3.67. The third-order valence-corrected chi connectivity index (χ3v) is 5.49. The number of ether oxygens (including phenoxy) is 1. The maximum atomic E-state index is 12.5. The first-order chi connectivity index (χ1) is 16.5. The van der Waals surface area contributed by atoms with E-state index in [2.05, 4.69) is 20.6 Å². The number of aromatic nitrogens is 2. The molecule has 2 aromatic heterocycles. The Morgan fingerprint density at radius 2 is 1.82 bits per heavy atom. The zero-order valence-electron chi connectivity index (χ0n) is 18.4. The number of carbonyl (C=O) groups is 2. The number of aryl methyl sites for hydroxylation is 1. The number of rotatable bonds is 8. The van der Waals surface area contributed by atoms with Crippen molar-refractivity contribution in [1.82, 2.24) is 9.97 Å². The second-order valence-electron chi connectivity index (χ2n) is 7.31. The molecule has 0 fully saturated rings. The average molecular weight is 471 g/mol. The van der Waals surface area contributed by atoms with E-state index in [0.717, 1.165) is 16.3 Å². The summed E-state index contributed by atoms with van der Waals surface area (Å²) >= 11 is 1.59. The molecular formula is C26H22N4O3S. The van der Waals surface area contributed by atoms with E-state index in [1.165, 1.54) is 6.08 Å². The number of hydrogen-bond acceptors (Lipinski definition) is 6. The number of nitrogens with one attached hydrogen (secondary N) is 2. The summed E-state index contributed by atoms with van der Waals surface area (Å²) in [5.74, 6) is 0.111. The maximum Gasteiger partial charge on any atom is 0.255 e. The van der Waals surface area contributed by atoms with Gasteiger partial charge in [-0.1, -0.05) is 18.2 Å². The van der Waals surface area contributed by atoms with Gasteiger partial charge in [0.15, 0.2) is 0 Å². The third kappa shape index (κ3) is 6.60. The molecule has 2 aromatic carbocycles. The Kier molecular flexibility index (Phi) is 7.42. The second kappa shape index (κ2) is 11.0. The Morgan fingerprint density at radius 3 is 2.62 bits per heavy atom. The summed E-state index contributed by atoms with van der Waals surface area (Å²) in [4.78, 5) is 33.2. The summed E-state index contributed by atoms with van der Waals surface area (Å²) in [6.07, 6.45) is 6.34. The van der Waals surface area contributed by atoms with Gasteiger partial charge in [-0.05, 0) is 61.0 Å². The van der Waals surface area contributed by atoms with Crippen LogP contribution < -0.4 is 15.4 Å². The fraction of sp³-hybridized carbons (Fsp3) is 0.0769. The highest BCUT2D eigenvalue weighted by Gasteiger charge is 2.08. The number of amides is 2. The molecule has 2 N–H and O–H groups in total. The molecule has 0 aliphatic rings. The molecule has 0 saturated carbocycles. The summed E-state index contributed by atoms with van der Waals surface area (Å²) in [7, 11) is 0. The van der Waals surface area contributed by atoms with E-state index in [0.29, 0.717) is 29.3 Å². The van der Waals surface area contributed by atoms with Crippen LogP contribution in [0.3, 0.4) is 0 Å². The summed E-state index contributed by atoms with van der Waals surface area (Å²) in [5.41, 5.74) is 3.31. The van der Waals surface area contributed by atoms with Gasteiger partial charge in [-0.2, -0.15) is 0 Å². The molecule has 0 radical (unpaired) electrons. The predicted octanol–water partition coefficient (Wildman–Crippen LogP) is 5.33. The Balaban J connectivity index is 1.34. The molecule has 0 bridgehead atoms. The number of nitrogens with zero attached hydrogens (tertiary/aromatic N) is 2. The van der Waals surface area contributed by atoms with Crippen molar-refractivity contribution in [3.8, 4) is 5.75 Å². The van der Waals surface area contributed by atoms with Crippen molar-refractivity contribution in [3.63, 3.8) is 0 Å². The Bertz CT molecular complexity index is 1320. The van der Waals surface area contributed by atoms with Crippen molar-refractivity contribution in [2.24, 2.45) is 0 Å². The number of carbonyl (C=O) groups excluding carboxylic acids is 2. The van der Waals surface area contributed by atoms with E-state index in [1.54, 1.807) is 66.2 Å². The zero-order valence-corrected chi connectivity index (χ0v) is 19.2. The standard InChI is InChI=1S/C26H22N4O3S/c1-18-28-23(17-34-18)16-33-24-7-2-4-19(14-24)8-9-25(31)29-22-6-3-5-20(15-22)26(32)30-21-10-12-27-13-11-21/h2-15,17H,16H2,1H3,(H,29,31)(H,27,30,32)/b9-8+. The molecular weight excluding hydrogens is 448 g/mol. The molecule has 0 unspecified atom stereocenters. The van der Waals surface area contributed by atoms with Gasteiger partial charge >= 0.3 is 0 Å². The molecule has 4 aromatic rings. The van der Waals surface area contributed by atoms with Crippen molar-refractivity contribution in [2.75, 3.05) is 10.6 Å². The maximum absolute atomic E-state index is 12.5. The van der Waals surface area contributed by atoms with Crippen LogP contribution in [0.2, 0.25) is 0 Å². The van der Waals surface area contributed by atoms with Gasteiger partial charge < -0.3 is 15.4 Å². The highest BCUT2D eigenvalue weighted by Crippen LogP contribution is 2.18. The van der Waals surface area contributed by atoms with E-state index in [9.17, 15) is 9.59 Å². The first-order valence-corrected chi connectivity index (χ1v) is 11.4. The van der Waals surface area contributed by atoms with Gasteiger partial charge in [0.25, 0.3) is 5.91 Å². The van der Waals surface area contributed by atoms with Gasteiger partial charge in [0.1, 0.15) is 12.4 Å². The zero-order chi connectivity index (χ0) is 23.8. The Morgan fingerprint density at radius 1 is 1.00 bits per heavy atom. The minimum absolute atomic E-state index is 0.275. The van der Waals surface area contributed by atoms with Crippen molar-refractivity contribution in [2.45, 2.75) is 13.5 Å². The molecule has 0 spiro atoms. The highest BCUT2D eigenvalue weighted by molar-refractivity contribution is 7.09. The van der Waals surface area contributed by atoms with Crippen molar-refractivity contribution < 1.29 is 14.3 Å². The number of pyridine rings is 1. The lowest BCUT2D eigenvalue weighted by molar-refractivity contribution is -0.111. The van der Waals surface area contributed by atoms with Crippen molar-refractivity contribution >= 4 is 40.6 Å². The van der Waals surface area contributed by atoms with Crippen LogP contribution in [-0.2, 0) is 11.4 Å². The van der Waals surface area contributed by atoms with Crippen molar-refractivity contribution in [1.29, 1.82) is 0 Å². The number of benzene rings is 2. The summed E-state index contributed by atoms with van der Waals surface area (Å²) in [6.45, 7) is 2.35. The van der Waals surface area contributed by atoms with Crippen molar-refractivity contribution in [3.05, 3.63) is 106 Å². The fourth-order valence-electron chi connectivity index (χ4n) is 3.07. The van der Waals surface area contributed by atoms with Crippen LogP contribution in [-0.4, -0.2) is 21.8 Å². The first kappa shape index (κ1) is 22.9. The van der Waals surface area contributed by atoms with E-state index < -0.39 is 0 Å². The minimum Gasteiger partial charge on any atom is -0.487 e. The number of thiazole rings is 1. The third-order valence-electron chi connectivity index (χ3n) is 4.67. The van der Waals surface area contributed by atoms with Gasteiger partial charge in [-0.25, -0.2) is 4.98 Å². The molecule has 0 atom stereocenters. The minimum atomic E-state index is -0.309. The quantitative estimate of drug-likeness (QED) is 0.340. The Labute approximate surface area is 201 Å². The molecule has 4 rings (SSSR count). The van der Waals surface area contributed by atoms with Gasteiger partial charge in [0, 0.05) is 40.8 Å².